The van der Waals surface area contributed by atoms with Gasteiger partial charge in [0, 0.05) is 27.3 Å². The molecule has 194 valence electrons. The van der Waals surface area contributed by atoms with Crippen LogP contribution in [0.2, 0.25) is 0 Å². The summed E-state index contributed by atoms with van der Waals surface area (Å²) in [6, 6.07) is 5.13. The summed E-state index contributed by atoms with van der Waals surface area (Å²) in [5, 5.41) is 1.87. The number of carbonyl (C=O) groups is 1. The molecule has 0 bridgehead atoms. The first kappa shape index (κ1) is 24.8. The Balaban J connectivity index is 1.53. The average molecular weight is 533 g/mol. The minimum absolute atomic E-state index is 0.00741. The molecule has 0 spiro atoms. The van der Waals surface area contributed by atoms with Crippen molar-refractivity contribution in [1.82, 2.24) is 15.3 Å². The Labute approximate surface area is 202 Å². The molecule has 2 N–H and O–H groups in total. The second-order valence-electron chi connectivity index (χ2n) is 9.52. The lowest BCUT2D eigenvalue weighted by Crippen LogP contribution is -2.64. The highest BCUT2D eigenvalue weighted by molar-refractivity contribution is 7.94. The van der Waals surface area contributed by atoms with Crippen LogP contribution in [0.4, 0.5) is 32.3 Å². The van der Waals surface area contributed by atoms with Crippen molar-refractivity contribution in [2.45, 2.75) is 49.6 Å². The number of nitrogens with one attached hydrogen (secondary N) is 2. The Kier molecular flexibility index (Phi) is 5.37. The molecule has 3 heterocycles. The van der Waals surface area contributed by atoms with Gasteiger partial charge in [-0.05, 0) is 18.9 Å². The van der Waals surface area contributed by atoms with Crippen LogP contribution < -0.4 is 10.2 Å². The molecule has 2 atom stereocenters. The van der Waals surface area contributed by atoms with Crippen molar-refractivity contribution in [3.05, 3.63) is 41.1 Å². The molecule has 14 heteroatoms. The van der Waals surface area contributed by atoms with E-state index in [1.54, 1.807) is 6.92 Å². The lowest BCUT2D eigenvalue weighted by atomic mass is 9.91. The smallest absolute Gasteiger partial charge is 0.337 e. The Morgan fingerprint density at radius 2 is 1.83 bits per heavy atom. The van der Waals surface area contributed by atoms with E-state index in [-0.39, 0.29) is 35.7 Å². The maximum Gasteiger partial charge on any atom is 0.471 e. The van der Waals surface area contributed by atoms with Crippen LogP contribution in [0, 0.1) is 4.78 Å². The van der Waals surface area contributed by atoms with Crippen LogP contribution in [-0.4, -0.2) is 56.5 Å². The lowest BCUT2D eigenvalue weighted by Gasteiger charge is -2.44. The van der Waals surface area contributed by atoms with Crippen molar-refractivity contribution in [3.63, 3.8) is 0 Å². The van der Waals surface area contributed by atoms with Gasteiger partial charge >= 0.3 is 12.1 Å². The molecule has 2 fully saturated rings. The largest absolute Gasteiger partial charge is 0.471 e. The lowest BCUT2D eigenvalue weighted by molar-refractivity contribution is -0.175. The quantitative estimate of drug-likeness (QED) is 0.585. The van der Waals surface area contributed by atoms with Gasteiger partial charge in [0.2, 0.25) is 5.95 Å². The van der Waals surface area contributed by atoms with E-state index in [0.29, 0.717) is 5.56 Å². The summed E-state index contributed by atoms with van der Waals surface area (Å²) >= 11 is 0. The molecule has 1 amide bonds. The monoisotopic (exact) mass is 533 g/mol. The highest BCUT2D eigenvalue weighted by Crippen LogP contribution is 2.45. The number of carbonyl (C=O) groups excluding carboxylic acids is 1. The van der Waals surface area contributed by atoms with Crippen LogP contribution in [-0.2, 0) is 32.4 Å². The summed E-state index contributed by atoms with van der Waals surface area (Å²) in [5.74, 6) is -6.40. The topological polar surface area (TPSA) is 99.0 Å². The number of benzene rings is 1. The first-order chi connectivity index (χ1) is 16.6. The van der Waals surface area contributed by atoms with Gasteiger partial charge in [-0.25, -0.2) is 18.6 Å². The van der Waals surface area contributed by atoms with E-state index in [1.165, 1.54) is 29.2 Å². The average Bonchev–Trinajstić information content (AvgIpc) is 3.09. The fraction of sp³-hybridized carbons (Fsp3) is 0.500. The van der Waals surface area contributed by atoms with E-state index < -0.39 is 69.1 Å². The number of nitrogens with zero attached hydrogens (tertiary/aromatic N) is 3. The van der Waals surface area contributed by atoms with Gasteiger partial charge in [0.25, 0.3) is 5.92 Å². The minimum Gasteiger partial charge on any atom is -0.337 e. The second-order valence-corrected chi connectivity index (χ2v) is 11.7. The van der Waals surface area contributed by atoms with Gasteiger partial charge in [-0.3, -0.25) is 9.57 Å². The molecule has 36 heavy (non-hydrogen) atoms. The third kappa shape index (κ3) is 3.98. The molecule has 0 saturated carbocycles. The number of amides is 1. The number of alkyl halides is 6. The first-order valence-corrected chi connectivity index (χ1v) is 13.0. The SMILES string of the molecule is C[C@H]1[C@H](F)CN1c1nc(-c2ccc(C3(NC(=O)C(F)(F)F)CS(=N)(=O)C3)cc2)c2c(n1)C(F)(F)CC2. The number of rotatable bonds is 4. The fourth-order valence-electron chi connectivity index (χ4n) is 4.91. The van der Waals surface area contributed by atoms with Crippen LogP contribution in [0.15, 0.2) is 24.3 Å². The highest BCUT2D eigenvalue weighted by atomic mass is 32.2. The normalized spacial score (nSPS) is 30.8. The van der Waals surface area contributed by atoms with Gasteiger partial charge in [0.1, 0.15) is 11.9 Å². The van der Waals surface area contributed by atoms with Crippen molar-refractivity contribution in [2.24, 2.45) is 0 Å². The van der Waals surface area contributed by atoms with E-state index in [4.69, 9.17) is 4.78 Å². The van der Waals surface area contributed by atoms with E-state index in [2.05, 4.69) is 9.97 Å². The van der Waals surface area contributed by atoms with E-state index in [9.17, 15) is 35.3 Å². The predicted octanol–water partition coefficient (Wildman–Crippen LogP) is 3.66. The zero-order valence-electron chi connectivity index (χ0n) is 18.8. The van der Waals surface area contributed by atoms with Crippen LogP contribution in [0.5, 0.6) is 0 Å². The van der Waals surface area contributed by atoms with Crippen molar-refractivity contribution in [3.8, 4) is 11.3 Å². The molecule has 7 nitrogen and oxygen atoms in total. The van der Waals surface area contributed by atoms with Gasteiger partial charge in [0.05, 0.1) is 35.3 Å². The van der Waals surface area contributed by atoms with Gasteiger partial charge in [-0.15, -0.1) is 0 Å². The van der Waals surface area contributed by atoms with Crippen LogP contribution >= 0.6 is 0 Å². The molecular formula is C22H21F6N5O2S. The second kappa shape index (κ2) is 7.80. The number of aromatic nitrogens is 2. The maximum atomic E-state index is 14.6. The Hall–Kier alpha value is -2.90. The van der Waals surface area contributed by atoms with Gasteiger partial charge in [0.15, 0.2) is 0 Å². The third-order valence-corrected chi connectivity index (χ3v) is 8.87. The number of anilines is 1. The summed E-state index contributed by atoms with van der Waals surface area (Å²) in [7, 11) is -3.16. The highest BCUT2D eigenvalue weighted by Gasteiger charge is 2.53. The predicted molar refractivity (Wildman–Crippen MR) is 118 cm³/mol. The first-order valence-electron chi connectivity index (χ1n) is 11.1. The van der Waals surface area contributed by atoms with Crippen LogP contribution in [0.3, 0.4) is 0 Å². The molecule has 3 aliphatic rings. The van der Waals surface area contributed by atoms with Crippen molar-refractivity contribution in [2.75, 3.05) is 23.0 Å². The third-order valence-electron chi connectivity index (χ3n) is 6.95. The Morgan fingerprint density at radius 3 is 2.36 bits per heavy atom. The standard InChI is InChI=1S/C22H21F6N5O2S/c1-11-15(23)8-33(11)19-30-16(14-6-7-21(24,25)17(14)31-19)12-2-4-13(5-3-12)20(9-36(29,35)10-20)32-18(34)22(26,27)28/h2-5,11,15,29H,6-10H2,1H3,(H,32,34)/t11-,15+,20?,36?/m0/s1. The summed E-state index contributed by atoms with van der Waals surface area (Å²) in [4.78, 5) is 21.6. The van der Waals surface area contributed by atoms with Crippen molar-refractivity contribution in [1.29, 1.82) is 4.78 Å². The molecule has 2 aromatic rings. The molecule has 1 aromatic heterocycles. The zero-order chi connectivity index (χ0) is 26.3. The number of halogens is 6. The molecule has 0 radical (unpaired) electrons. The van der Waals surface area contributed by atoms with Crippen molar-refractivity contribution >= 4 is 21.6 Å². The van der Waals surface area contributed by atoms with Gasteiger partial charge < -0.3 is 10.2 Å². The zero-order valence-corrected chi connectivity index (χ0v) is 19.7. The number of hydrogen-bond donors (Lipinski definition) is 2. The van der Waals surface area contributed by atoms with Crippen LogP contribution in [0.1, 0.15) is 30.2 Å². The van der Waals surface area contributed by atoms with Gasteiger partial charge in [-0.1, -0.05) is 24.3 Å². The number of hydrogen-bond acceptors (Lipinski definition) is 6. The minimum atomic E-state index is -5.17. The molecule has 5 rings (SSSR count). The molecule has 1 aliphatic carbocycles. The Morgan fingerprint density at radius 1 is 1.19 bits per heavy atom. The summed E-state index contributed by atoms with van der Waals surface area (Å²) in [6.45, 7) is 1.56. The fourth-order valence-corrected chi connectivity index (χ4v) is 6.89. The molecule has 2 aliphatic heterocycles. The van der Waals surface area contributed by atoms with Crippen LogP contribution in [0.25, 0.3) is 11.3 Å². The van der Waals surface area contributed by atoms with E-state index in [0.717, 1.165) is 0 Å². The number of fused-ring (bicyclic) bond motifs is 1. The van der Waals surface area contributed by atoms with E-state index >= 15 is 0 Å². The molecule has 0 unspecified atom stereocenters. The summed E-state index contributed by atoms with van der Waals surface area (Å²) < 4.78 is 101. The van der Waals surface area contributed by atoms with Gasteiger partial charge in [-0.2, -0.15) is 22.0 Å². The molecule has 2 saturated heterocycles. The summed E-state index contributed by atoms with van der Waals surface area (Å²) in [6.07, 6.45) is -6.76. The maximum absolute atomic E-state index is 14.6. The van der Waals surface area contributed by atoms with Crippen molar-refractivity contribution < 1.29 is 35.3 Å². The molecule has 1 aromatic carbocycles. The summed E-state index contributed by atoms with van der Waals surface area (Å²) in [5.41, 5.74) is -1.05. The van der Waals surface area contributed by atoms with E-state index in [1.807, 2.05) is 5.32 Å². The Bertz CT molecular complexity index is 1330. The molecular weight excluding hydrogens is 512 g/mol.